The fraction of sp³-hybridized carbons (Fsp3) is 0.375. The summed E-state index contributed by atoms with van der Waals surface area (Å²) in [5.41, 5.74) is 9.69. The summed E-state index contributed by atoms with van der Waals surface area (Å²) in [5.74, 6) is 0. The first-order valence-electron chi connectivity index (χ1n) is 18.6. The topological polar surface area (TPSA) is 60.7 Å². The molecule has 0 unspecified atom stereocenters. The average Bonchev–Trinajstić information content (AvgIpc) is 3.00. The van der Waals surface area contributed by atoms with Gasteiger partial charge in [-0.1, -0.05) is 143 Å². The fourth-order valence-electron chi connectivity index (χ4n) is 7.90. The van der Waals surface area contributed by atoms with E-state index in [2.05, 4.69) is 169 Å². The molecule has 0 spiro atoms. The van der Waals surface area contributed by atoms with Crippen LogP contribution in [-0.2, 0) is 21.7 Å². The van der Waals surface area contributed by atoms with Crippen LogP contribution in [0.2, 0.25) is 0 Å². The molecular weight excluding hydrogens is 655 g/mol. The molecule has 0 aromatic heterocycles. The van der Waals surface area contributed by atoms with Crippen LogP contribution >= 0.6 is 7.94 Å². The van der Waals surface area contributed by atoms with E-state index < -0.39 is 7.94 Å². The van der Waals surface area contributed by atoms with Gasteiger partial charge in [0.25, 0.3) is 0 Å². The van der Waals surface area contributed by atoms with Gasteiger partial charge in [0.05, 0.1) is 0 Å². The normalized spacial score (nSPS) is 13.5. The lowest BCUT2D eigenvalue weighted by atomic mass is 9.76. The molecule has 272 valence electrons. The second-order valence-electron chi connectivity index (χ2n) is 19.3. The van der Waals surface area contributed by atoms with Crippen molar-refractivity contribution in [3.05, 3.63) is 112 Å². The minimum absolute atomic E-state index is 0.00122. The van der Waals surface area contributed by atoms with Gasteiger partial charge in [0.15, 0.2) is 5.30 Å². The number of hydrogen-bond donors (Lipinski definition) is 3. The number of rotatable bonds is 3. The molecule has 0 fully saturated rings. The highest BCUT2D eigenvalue weighted by molar-refractivity contribution is 7.67. The van der Waals surface area contributed by atoms with E-state index in [1.165, 1.54) is 22.1 Å². The van der Waals surface area contributed by atoms with Gasteiger partial charge in [-0.2, -0.15) is 14.7 Å². The van der Waals surface area contributed by atoms with Gasteiger partial charge < -0.3 is 0 Å². The van der Waals surface area contributed by atoms with Crippen LogP contribution in [0.15, 0.2) is 78.9 Å². The molecule has 0 saturated carbocycles. The number of fused-ring (bicyclic) bond motifs is 3. The molecule has 6 aromatic rings. The van der Waals surface area contributed by atoms with Crippen molar-refractivity contribution in [2.45, 2.75) is 119 Å². The SMILES string of the molecule is Cc1ccc2c(-c3cc4ccc(C(C)(C)C)cc4cc3C(C)(C)C)c([P+](O)(O)O)c(C)c(-c3cc4ccc(C(C)(C)C)cc4cc3C(C)(C)C)c2c1. The van der Waals surface area contributed by atoms with Crippen molar-refractivity contribution in [1.82, 2.24) is 0 Å². The van der Waals surface area contributed by atoms with Crippen molar-refractivity contribution in [2.75, 3.05) is 0 Å². The highest BCUT2D eigenvalue weighted by atomic mass is 31.2. The van der Waals surface area contributed by atoms with Crippen LogP contribution in [0, 0.1) is 13.8 Å². The first-order chi connectivity index (χ1) is 23.8. The summed E-state index contributed by atoms with van der Waals surface area (Å²) < 4.78 is 0. The molecule has 3 N–H and O–H groups in total. The van der Waals surface area contributed by atoms with Crippen molar-refractivity contribution in [3.63, 3.8) is 0 Å². The first kappa shape index (κ1) is 38.1. The Kier molecular flexibility index (Phi) is 9.16. The molecule has 0 bridgehead atoms. The molecule has 0 aliphatic rings. The number of benzene rings is 6. The predicted molar refractivity (Wildman–Crippen MR) is 227 cm³/mol. The van der Waals surface area contributed by atoms with Gasteiger partial charge in [-0.15, -0.1) is 0 Å². The van der Waals surface area contributed by atoms with Crippen LogP contribution in [0.5, 0.6) is 0 Å². The van der Waals surface area contributed by atoms with Gasteiger partial charge in [0.2, 0.25) is 0 Å². The maximum atomic E-state index is 11.6. The van der Waals surface area contributed by atoms with Gasteiger partial charge in [-0.25, -0.2) is 0 Å². The minimum Gasteiger partial charge on any atom is -0.189 e. The molecule has 0 atom stereocenters. The lowest BCUT2D eigenvalue weighted by Gasteiger charge is -2.29. The smallest absolute Gasteiger partial charge is 0.189 e. The van der Waals surface area contributed by atoms with Crippen molar-refractivity contribution in [3.8, 4) is 22.3 Å². The third-order valence-corrected chi connectivity index (χ3v) is 12.0. The first-order valence-corrected chi connectivity index (χ1v) is 20.2. The van der Waals surface area contributed by atoms with E-state index in [1.54, 1.807) is 0 Å². The van der Waals surface area contributed by atoms with Crippen LogP contribution in [0.1, 0.15) is 116 Å². The average molecular weight is 714 g/mol. The molecule has 6 aromatic carbocycles. The van der Waals surface area contributed by atoms with Crippen molar-refractivity contribution < 1.29 is 14.7 Å². The van der Waals surface area contributed by atoms with E-state index in [0.29, 0.717) is 11.1 Å². The maximum Gasteiger partial charge on any atom is 0.441 e. The van der Waals surface area contributed by atoms with E-state index in [-0.39, 0.29) is 27.0 Å². The monoisotopic (exact) mass is 713 g/mol. The third-order valence-electron chi connectivity index (χ3n) is 10.8. The molecule has 0 amide bonds. The van der Waals surface area contributed by atoms with Gasteiger partial charge in [0.1, 0.15) is 0 Å². The van der Waals surface area contributed by atoms with E-state index in [1.807, 2.05) is 6.92 Å². The summed E-state index contributed by atoms with van der Waals surface area (Å²) >= 11 is 0. The van der Waals surface area contributed by atoms with Gasteiger partial charge >= 0.3 is 7.94 Å². The van der Waals surface area contributed by atoms with Crippen molar-refractivity contribution in [1.29, 1.82) is 0 Å². The van der Waals surface area contributed by atoms with E-state index in [0.717, 1.165) is 54.7 Å². The van der Waals surface area contributed by atoms with Crippen LogP contribution in [0.25, 0.3) is 54.6 Å². The Morgan fingerprint density at radius 2 is 0.865 bits per heavy atom. The third kappa shape index (κ3) is 6.94. The van der Waals surface area contributed by atoms with Gasteiger partial charge in [0, 0.05) is 11.1 Å². The number of aryl methyl sites for hydroxylation is 1. The van der Waals surface area contributed by atoms with Crippen LogP contribution in [-0.4, -0.2) is 14.7 Å². The molecule has 0 saturated heterocycles. The molecule has 4 heteroatoms. The second kappa shape index (κ2) is 12.5. The summed E-state index contributed by atoms with van der Waals surface area (Å²) in [7, 11) is -4.56. The van der Waals surface area contributed by atoms with Crippen LogP contribution in [0.3, 0.4) is 0 Å². The molecule has 0 heterocycles. The Labute approximate surface area is 312 Å². The molecule has 6 rings (SSSR count). The fourth-order valence-corrected chi connectivity index (χ4v) is 9.00. The minimum atomic E-state index is -4.56. The number of hydrogen-bond acceptors (Lipinski definition) is 3. The quantitative estimate of drug-likeness (QED) is 0.160. The Morgan fingerprint density at radius 3 is 1.27 bits per heavy atom. The highest BCUT2D eigenvalue weighted by Crippen LogP contribution is 2.54. The Morgan fingerprint density at radius 1 is 0.423 bits per heavy atom. The molecule has 52 heavy (non-hydrogen) atoms. The summed E-state index contributed by atoms with van der Waals surface area (Å²) in [6.45, 7) is 30.8. The van der Waals surface area contributed by atoms with E-state index >= 15 is 0 Å². The zero-order valence-corrected chi connectivity index (χ0v) is 34.7. The summed E-state index contributed by atoms with van der Waals surface area (Å²) in [6.07, 6.45) is 0. The predicted octanol–water partition coefficient (Wildman–Crippen LogP) is 12.7. The van der Waals surface area contributed by atoms with Gasteiger partial charge in [-0.3, -0.25) is 0 Å². The van der Waals surface area contributed by atoms with Crippen LogP contribution < -0.4 is 5.30 Å². The standard InChI is InChI=1S/C48H58O3P/c1-28-15-20-36-37(21-28)42(38-24-30-16-18-34(45(3,4)5)22-32(30)26-40(38)47(9,10)11)29(2)44(52(49,50)51)43(36)39-25-31-17-19-35(46(6,7)8)23-33(31)27-41(39)48(12,13)14/h15-27,49-51H,1-14H3/q+1. The lowest BCUT2D eigenvalue weighted by molar-refractivity contribution is 0.347. The van der Waals surface area contributed by atoms with Crippen LogP contribution in [0.4, 0.5) is 0 Å². The maximum absolute atomic E-state index is 11.6. The summed E-state index contributed by atoms with van der Waals surface area (Å²) in [6, 6.07) is 28.9. The lowest BCUT2D eigenvalue weighted by Crippen LogP contribution is -2.22. The van der Waals surface area contributed by atoms with Crippen molar-refractivity contribution in [2.24, 2.45) is 0 Å². The van der Waals surface area contributed by atoms with Gasteiger partial charge in [-0.05, 0) is 131 Å². The highest BCUT2D eigenvalue weighted by Gasteiger charge is 2.43. The Bertz CT molecular complexity index is 2380. The molecular formula is C48H58O3P+. The molecule has 0 aliphatic carbocycles. The Hall–Kier alpha value is -3.59. The summed E-state index contributed by atoms with van der Waals surface area (Å²) in [4.78, 5) is 34.7. The molecule has 0 aliphatic heterocycles. The molecule has 0 radical (unpaired) electrons. The zero-order chi connectivity index (χ0) is 38.5. The largest absolute Gasteiger partial charge is 0.441 e. The molecule has 3 nitrogen and oxygen atoms in total. The van der Waals surface area contributed by atoms with E-state index in [9.17, 15) is 14.7 Å². The van der Waals surface area contributed by atoms with E-state index in [4.69, 9.17) is 0 Å². The zero-order valence-electron chi connectivity index (χ0n) is 33.8. The Balaban J connectivity index is 1.80. The van der Waals surface area contributed by atoms with Crippen molar-refractivity contribution >= 4 is 45.6 Å². The summed E-state index contributed by atoms with van der Waals surface area (Å²) in [5, 5.41) is 6.67. The second-order valence-corrected chi connectivity index (χ2v) is 20.8.